The normalized spacial score (nSPS) is 12.5. The SMILES string of the molecule is CC/C=C\C/C=C\C/C=C\C/C=C\CCCCCCCCCCCCCCC(=O)OCC(COC(=O)CCCCCCCCCCCCC)OC(=O)CCCCCCCCC/C=C\C/C=C\CCCCCC. The number of allylic oxidation sites excluding steroid dienone is 12. The molecule has 0 fully saturated rings. The number of esters is 3. The lowest BCUT2D eigenvalue weighted by atomic mass is 10.0. The molecule has 0 N–H and O–H groups in total. The molecule has 0 amide bonds. The van der Waals surface area contributed by atoms with E-state index >= 15 is 0 Å². The van der Waals surface area contributed by atoms with Gasteiger partial charge in [0.15, 0.2) is 6.10 Å². The number of hydrogen-bond acceptors (Lipinski definition) is 6. The second kappa shape index (κ2) is 60.4. The van der Waals surface area contributed by atoms with E-state index in [-0.39, 0.29) is 31.1 Å². The molecule has 0 saturated carbocycles. The van der Waals surface area contributed by atoms with Crippen molar-refractivity contribution >= 4 is 17.9 Å². The van der Waals surface area contributed by atoms with E-state index in [1.165, 1.54) is 173 Å². The fourth-order valence-electron chi connectivity index (χ4n) is 8.82. The number of carbonyl (C=O) groups is 3. The van der Waals surface area contributed by atoms with Crippen LogP contribution in [0.2, 0.25) is 0 Å². The minimum absolute atomic E-state index is 0.0758. The van der Waals surface area contributed by atoms with Crippen LogP contribution in [0.3, 0.4) is 0 Å². The first-order chi connectivity index (χ1) is 35.5. The Kier molecular flexibility index (Phi) is 57.8. The molecule has 0 aromatic carbocycles. The predicted molar refractivity (Wildman–Crippen MR) is 311 cm³/mol. The molecule has 72 heavy (non-hydrogen) atoms. The molecule has 0 aromatic rings. The summed E-state index contributed by atoms with van der Waals surface area (Å²) < 4.78 is 16.9. The Labute approximate surface area is 446 Å². The lowest BCUT2D eigenvalue weighted by molar-refractivity contribution is -0.167. The average molecular weight is 1010 g/mol. The molecule has 0 aliphatic carbocycles. The van der Waals surface area contributed by atoms with E-state index in [1.807, 2.05) is 0 Å². The fourth-order valence-corrected chi connectivity index (χ4v) is 8.82. The summed E-state index contributed by atoms with van der Waals surface area (Å²) in [4.78, 5) is 38.2. The first-order valence-corrected chi connectivity index (χ1v) is 30.9. The Balaban J connectivity index is 4.27. The molecule has 1 atom stereocenters. The summed E-state index contributed by atoms with van der Waals surface area (Å²) in [5.41, 5.74) is 0. The summed E-state index contributed by atoms with van der Waals surface area (Å²) >= 11 is 0. The molecule has 0 aromatic heterocycles. The van der Waals surface area contributed by atoms with Crippen LogP contribution in [-0.2, 0) is 28.6 Å². The zero-order valence-corrected chi connectivity index (χ0v) is 47.7. The molecular weight excluding hydrogens is 889 g/mol. The molecule has 6 heteroatoms. The first kappa shape index (κ1) is 68.8. The molecule has 0 aliphatic rings. The molecule has 6 nitrogen and oxygen atoms in total. The van der Waals surface area contributed by atoms with Crippen molar-refractivity contribution in [2.24, 2.45) is 0 Å². The average Bonchev–Trinajstić information content (AvgIpc) is 3.38. The van der Waals surface area contributed by atoms with Crippen LogP contribution in [0.5, 0.6) is 0 Å². The standard InChI is InChI=1S/C66H116O6/c1-4-7-10-13-16-19-22-24-26-28-30-31-32-33-34-35-36-38-39-41-44-47-50-53-56-59-65(68)71-62-63(61-70-64(67)58-55-52-49-46-43-21-18-15-12-9-6-3)72-66(69)60-57-54-51-48-45-42-40-37-29-27-25-23-20-17-14-11-8-5-2/h7,10,16,19-20,23-24,26-27,29-31,63H,4-6,8-9,11-15,17-18,21-22,25,28,32-62H2,1-3H3/b10-7-,19-16-,23-20-,26-24-,29-27-,31-30-. The quantitative estimate of drug-likeness (QED) is 0.0261. The summed E-state index contributed by atoms with van der Waals surface area (Å²) in [6, 6.07) is 0. The van der Waals surface area contributed by atoms with Crippen LogP contribution in [0, 0.1) is 0 Å². The summed E-state index contributed by atoms with van der Waals surface area (Å²) in [7, 11) is 0. The fraction of sp³-hybridized carbons (Fsp3) is 0.773. The molecule has 0 heterocycles. The van der Waals surface area contributed by atoms with Gasteiger partial charge in [-0.05, 0) is 89.9 Å². The van der Waals surface area contributed by atoms with Crippen molar-refractivity contribution in [2.45, 2.75) is 316 Å². The van der Waals surface area contributed by atoms with Gasteiger partial charge in [-0.3, -0.25) is 14.4 Å². The second-order valence-corrected chi connectivity index (χ2v) is 20.6. The highest BCUT2D eigenvalue weighted by Crippen LogP contribution is 2.16. The van der Waals surface area contributed by atoms with Gasteiger partial charge in [-0.25, -0.2) is 0 Å². The van der Waals surface area contributed by atoms with Gasteiger partial charge in [0.05, 0.1) is 0 Å². The van der Waals surface area contributed by atoms with Gasteiger partial charge >= 0.3 is 17.9 Å². The molecule has 0 aliphatic heterocycles. The third kappa shape index (κ3) is 57.7. The summed E-state index contributed by atoms with van der Waals surface area (Å²) in [6.45, 7) is 6.53. The Hall–Kier alpha value is -3.15. The molecule has 0 saturated heterocycles. The zero-order valence-electron chi connectivity index (χ0n) is 47.7. The largest absolute Gasteiger partial charge is 0.462 e. The second-order valence-electron chi connectivity index (χ2n) is 20.6. The van der Waals surface area contributed by atoms with Gasteiger partial charge in [0.2, 0.25) is 0 Å². The molecule has 0 rings (SSSR count). The highest BCUT2D eigenvalue weighted by atomic mass is 16.6. The van der Waals surface area contributed by atoms with Crippen LogP contribution in [-0.4, -0.2) is 37.2 Å². The number of carbonyl (C=O) groups excluding carboxylic acids is 3. The number of rotatable bonds is 56. The van der Waals surface area contributed by atoms with Crippen molar-refractivity contribution in [2.75, 3.05) is 13.2 Å². The van der Waals surface area contributed by atoms with Crippen LogP contribution < -0.4 is 0 Å². The van der Waals surface area contributed by atoms with E-state index in [1.54, 1.807) is 0 Å². The van der Waals surface area contributed by atoms with Crippen LogP contribution in [0.25, 0.3) is 0 Å². The summed E-state index contributed by atoms with van der Waals surface area (Å²) in [5, 5.41) is 0. The van der Waals surface area contributed by atoms with Crippen molar-refractivity contribution in [3.05, 3.63) is 72.9 Å². The summed E-state index contributed by atoms with van der Waals surface area (Å²) in [6.07, 6.45) is 77.6. The topological polar surface area (TPSA) is 78.9 Å². The molecule has 1 unspecified atom stereocenters. The maximum atomic E-state index is 12.9. The van der Waals surface area contributed by atoms with Gasteiger partial charge in [0.25, 0.3) is 0 Å². The van der Waals surface area contributed by atoms with Gasteiger partial charge in [-0.15, -0.1) is 0 Å². The summed E-state index contributed by atoms with van der Waals surface area (Å²) in [5.74, 6) is -0.873. The smallest absolute Gasteiger partial charge is 0.306 e. The van der Waals surface area contributed by atoms with Gasteiger partial charge < -0.3 is 14.2 Å². The van der Waals surface area contributed by atoms with Crippen molar-refractivity contribution in [3.8, 4) is 0 Å². The van der Waals surface area contributed by atoms with E-state index < -0.39 is 6.10 Å². The highest BCUT2D eigenvalue weighted by molar-refractivity contribution is 5.71. The molecule has 0 spiro atoms. The van der Waals surface area contributed by atoms with E-state index in [4.69, 9.17) is 14.2 Å². The van der Waals surface area contributed by atoms with E-state index in [0.717, 1.165) is 96.3 Å². The molecule has 0 radical (unpaired) electrons. The molecule has 416 valence electrons. The zero-order chi connectivity index (χ0) is 52.2. The molecular formula is C66H116O6. The maximum Gasteiger partial charge on any atom is 0.306 e. The van der Waals surface area contributed by atoms with Crippen molar-refractivity contribution in [1.29, 1.82) is 0 Å². The Morgan fingerprint density at radius 2 is 0.542 bits per heavy atom. The van der Waals surface area contributed by atoms with E-state index in [0.29, 0.717) is 19.3 Å². The van der Waals surface area contributed by atoms with Crippen molar-refractivity contribution in [3.63, 3.8) is 0 Å². The van der Waals surface area contributed by atoms with Gasteiger partial charge in [0.1, 0.15) is 13.2 Å². The highest BCUT2D eigenvalue weighted by Gasteiger charge is 2.19. The first-order valence-electron chi connectivity index (χ1n) is 30.9. The monoisotopic (exact) mass is 1000 g/mol. The van der Waals surface area contributed by atoms with Gasteiger partial charge in [-0.1, -0.05) is 273 Å². The van der Waals surface area contributed by atoms with Crippen molar-refractivity contribution in [1.82, 2.24) is 0 Å². The predicted octanol–water partition coefficient (Wildman–Crippen LogP) is 20.9. The van der Waals surface area contributed by atoms with Crippen LogP contribution in [0.4, 0.5) is 0 Å². The third-order valence-electron chi connectivity index (χ3n) is 13.4. The van der Waals surface area contributed by atoms with Crippen LogP contribution >= 0.6 is 0 Å². The van der Waals surface area contributed by atoms with Gasteiger partial charge in [-0.2, -0.15) is 0 Å². The Morgan fingerprint density at radius 3 is 0.861 bits per heavy atom. The minimum atomic E-state index is -0.778. The third-order valence-corrected chi connectivity index (χ3v) is 13.4. The van der Waals surface area contributed by atoms with Crippen LogP contribution in [0.15, 0.2) is 72.9 Å². The molecule has 0 bridgehead atoms. The van der Waals surface area contributed by atoms with Crippen molar-refractivity contribution < 1.29 is 28.6 Å². The lowest BCUT2D eigenvalue weighted by Gasteiger charge is -2.18. The maximum absolute atomic E-state index is 12.9. The Morgan fingerprint density at radius 1 is 0.292 bits per heavy atom. The van der Waals surface area contributed by atoms with E-state index in [9.17, 15) is 14.4 Å². The Bertz CT molecular complexity index is 1340. The van der Waals surface area contributed by atoms with Gasteiger partial charge in [0, 0.05) is 19.3 Å². The number of hydrogen-bond donors (Lipinski definition) is 0. The van der Waals surface area contributed by atoms with E-state index in [2.05, 4.69) is 93.7 Å². The number of ether oxygens (including phenoxy) is 3. The lowest BCUT2D eigenvalue weighted by Crippen LogP contribution is -2.30. The van der Waals surface area contributed by atoms with Crippen LogP contribution in [0.1, 0.15) is 310 Å². The minimum Gasteiger partial charge on any atom is -0.462 e. The number of unbranched alkanes of at least 4 members (excludes halogenated alkanes) is 33.